The van der Waals surface area contributed by atoms with Crippen LogP contribution in [0.5, 0.6) is 0 Å². The van der Waals surface area contributed by atoms with E-state index in [-0.39, 0.29) is 0 Å². The zero-order valence-corrected chi connectivity index (χ0v) is 14.6. The lowest BCUT2D eigenvalue weighted by molar-refractivity contribution is -0.918. The van der Waals surface area contributed by atoms with E-state index < -0.39 is 0 Å². The molecule has 2 heteroatoms. The first-order valence-corrected chi connectivity index (χ1v) is 9.33. The van der Waals surface area contributed by atoms with E-state index in [1.54, 1.807) is 4.90 Å². The molecule has 0 atom stereocenters. The second-order valence-corrected chi connectivity index (χ2v) is 6.99. The molecule has 0 amide bonds. The standard InChI is InChI=1S/C23H24N2/c1-4-16-25(17-5-1)18-20-10-8-19(9-11-20)12-14-22-15-13-21-6-2-3-7-23(21)24-22/h2-3,6-15H,1,4-5,16-18H2/p+1/b14-12+. The van der Waals surface area contributed by atoms with E-state index in [2.05, 4.69) is 60.7 Å². The largest absolute Gasteiger partial charge is 0.331 e. The summed E-state index contributed by atoms with van der Waals surface area (Å²) < 4.78 is 0. The van der Waals surface area contributed by atoms with Crippen LogP contribution in [-0.4, -0.2) is 18.1 Å². The topological polar surface area (TPSA) is 17.3 Å². The predicted molar refractivity (Wildman–Crippen MR) is 105 cm³/mol. The van der Waals surface area contributed by atoms with Gasteiger partial charge in [0.25, 0.3) is 0 Å². The lowest BCUT2D eigenvalue weighted by Crippen LogP contribution is -3.11. The average molecular weight is 329 g/mol. The second kappa shape index (κ2) is 7.62. The summed E-state index contributed by atoms with van der Waals surface area (Å²) in [5.41, 5.74) is 4.72. The van der Waals surface area contributed by atoms with Crippen molar-refractivity contribution in [3.05, 3.63) is 77.5 Å². The van der Waals surface area contributed by atoms with Crippen LogP contribution < -0.4 is 4.90 Å². The summed E-state index contributed by atoms with van der Waals surface area (Å²) in [6, 6.07) is 21.4. The number of quaternary nitrogens is 1. The molecular formula is C23H25N2+. The van der Waals surface area contributed by atoms with Crippen molar-refractivity contribution in [3.8, 4) is 0 Å². The Kier molecular flexibility index (Phi) is 4.89. The fraction of sp³-hybridized carbons (Fsp3) is 0.261. The van der Waals surface area contributed by atoms with Gasteiger partial charge in [0.15, 0.2) is 0 Å². The number of fused-ring (bicyclic) bond motifs is 1. The maximum atomic E-state index is 4.70. The summed E-state index contributed by atoms with van der Waals surface area (Å²) in [6.45, 7) is 3.82. The van der Waals surface area contributed by atoms with Crippen molar-refractivity contribution < 1.29 is 4.90 Å². The van der Waals surface area contributed by atoms with Gasteiger partial charge in [-0.15, -0.1) is 0 Å². The minimum atomic E-state index is 1.00. The molecule has 1 fully saturated rings. The molecule has 25 heavy (non-hydrogen) atoms. The number of rotatable bonds is 4. The second-order valence-electron chi connectivity index (χ2n) is 6.99. The third-order valence-corrected chi connectivity index (χ3v) is 5.06. The van der Waals surface area contributed by atoms with E-state index in [4.69, 9.17) is 4.98 Å². The van der Waals surface area contributed by atoms with Gasteiger partial charge in [-0.25, -0.2) is 4.98 Å². The summed E-state index contributed by atoms with van der Waals surface area (Å²) in [7, 11) is 0. The minimum Gasteiger partial charge on any atom is -0.331 e. The van der Waals surface area contributed by atoms with Gasteiger partial charge in [-0.2, -0.15) is 0 Å². The van der Waals surface area contributed by atoms with Crippen molar-refractivity contribution in [2.24, 2.45) is 0 Å². The van der Waals surface area contributed by atoms with Crippen molar-refractivity contribution in [1.29, 1.82) is 0 Å². The Balaban J connectivity index is 1.43. The number of nitrogens with zero attached hydrogens (tertiary/aromatic N) is 1. The Hall–Kier alpha value is -2.45. The quantitative estimate of drug-likeness (QED) is 0.766. The van der Waals surface area contributed by atoms with E-state index in [1.165, 1.54) is 48.9 Å². The predicted octanol–water partition coefficient (Wildman–Crippen LogP) is 3.97. The maximum absolute atomic E-state index is 4.70. The van der Waals surface area contributed by atoms with Crippen LogP contribution in [0, 0.1) is 0 Å². The Morgan fingerprint density at radius 1 is 0.800 bits per heavy atom. The molecule has 1 N–H and O–H groups in total. The number of nitrogens with one attached hydrogen (secondary N) is 1. The molecule has 126 valence electrons. The normalized spacial score (nSPS) is 15.8. The van der Waals surface area contributed by atoms with Crippen LogP contribution in [0.15, 0.2) is 60.7 Å². The van der Waals surface area contributed by atoms with Crippen LogP contribution in [0.3, 0.4) is 0 Å². The molecule has 0 bridgehead atoms. The van der Waals surface area contributed by atoms with Crippen LogP contribution >= 0.6 is 0 Å². The fourth-order valence-electron chi connectivity index (χ4n) is 3.62. The van der Waals surface area contributed by atoms with E-state index in [0.29, 0.717) is 0 Å². The first-order valence-electron chi connectivity index (χ1n) is 9.33. The lowest BCUT2D eigenvalue weighted by Gasteiger charge is -2.23. The van der Waals surface area contributed by atoms with Crippen LogP contribution in [0.4, 0.5) is 0 Å². The molecule has 0 radical (unpaired) electrons. The zero-order valence-electron chi connectivity index (χ0n) is 14.6. The number of aromatic nitrogens is 1. The number of hydrogen-bond donors (Lipinski definition) is 1. The third kappa shape index (κ3) is 4.15. The number of hydrogen-bond acceptors (Lipinski definition) is 1. The molecule has 0 saturated carbocycles. The van der Waals surface area contributed by atoms with Crippen molar-refractivity contribution in [1.82, 2.24) is 4.98 Å². The third-order valence-electron chi connectivity index (χ3n) is 5.06. The Bertz CT molecular complexity index is 859. The fourth-order valence-corrected chi connectivity index (χ4v) is 3.62. The molecule has 2 heterocycles. The Labute approximate surface area is 149 Å². The molecular weight excluding hydrogens is 304 g/mol. The minimum absolute atomic E-state index is 1.00. The van der Waals surface area contributed by atoms with Crippen LogP contribution in [0.25, 0.3) is 23.1 Å². The molecule has 0 aliphatic carbocycles. The highest BCUT2D eigenvalue weighted by Gasteiger charge is 2.13. The average Bonchev–Trinajstić information content (AvgIpc) is 2.68. The number of para-hydroxylation sites is 1. The highest BCUT2D eigenvalue weighted by atomic mass is 15.1. The first-order chi connectivity index (χ1) is 12.4. The first kappa shape index (κ1) is 16.0. The van der Waals surface area contributed by atoms with E-state index in [0.717, 1.165) is 17.8 Å². The smallest absolute Gasteiger partial charge is 0.103 e. The lowest BCUT2D eigenvalue weighted by atomic mass is 10.1. The summed E-state index contributed by atoms with van der Waals surface area (Å²) in [4.78, 5) is 6.43. The van der Waals surface area contributed by atoms with E-state index in [9.17, 15) is 0 Å². The summed E-state index contributed by atoms with van der Waals surface area (Å²) in [5.74, 6) is 0. The van der Waals surface area contributed by atoms with Gasteiger partial charge in [-0.05, 0) is 43.0 Å². The van der Waals surface area contributed by atoms with Gasteiger partial charge in [0.1, 0.15) is 6.54 Å². The molecule has 0 spiro atoms. The van der Waals surface area contributed by atoms with Gasteiger partial charge in [-0.3, -0.25) is 0 Å². The van der Waals surface area contributed by atoms with Crippen molar-refractivity contribution >= 4 is 23.1 Å². The van der Waals surface area contributed by atoms with Crippen molar-refractivity contribution in [2.75, 3.05) is 13.1 Å². The van der Waals surface area contributed by atoms with Gasteiger partial charge < -0.3 is 4.90 Å². The van der Waals surface area contributed by atoms with Crippen LogP contribution in [0.2, 0.25) is 0 Å². The van der Waals surface area contributed by atoms with Gasteiger partial charge in [-0.1, -0.05) is 54.6 Å². The Morgan fingerprint density at radius 3 is 2.44 bits per heavy atom. The summed E-state index contributed by atoms with van der Waals surface area (Å²) in [5, 5.41) is 1.18. The molecule has 1 aliphatic heterocycles. The van der Waals surface area contributed by atoms with E-state index >= 15 is 0 Å². The van der Waals surface area contributed by atoms with Gasteiger partial charge >= 0.3 is 0 Å². The van der Waals surface area contributed by atoms with Gasteiger partial charge in [0.05, 0.1) is 24.3 Å². The maximum Gasteiger partial charge on any atom is 0.103 e. The highest BCUT2D eigenvalue weighted by Crippen LogP contribution is 2.14. The number of pyridine rings is 1. The molecule has 1 saturated heterocycles. The summed E-state index contributed by atoms with van der Waals surface area (Å²) >= 11 is 0. The van der Waals surface area contributed by atoms with E-state index in [1.807, 2.05) is 12.1 Å². The van der Waals surface area contributed by atoms with Crippen LogP contribution in [0.1, 0.15) is 36.1 Å². The zero-order chi connectivity index (χ0) is 16.9. The number of likely N-dealkylation sites (tertiary alicyclic amines) is 1. The molecule has 1 aromatic heterocycles. The number of benzene rings is 2. The molecule has 0 unspecified atom stereocenters. The van der Waals surface area contributed by atoms with Crippen LogP contribution in [-0.2, 0) is 6.54 Å². The van der Waals surface area contributed by atoms with Crippen molar-refractivity contribution in [3.63, 3.8) is 0 Å². The number of piperidine rings is 1. The molecule has 3 aromatic rings. The SMILES string of the molecule is C(=C\c1ccc2ccccc2n1)/c1ccc(C[NH+]2CCCCC2)cc1. The molecule has 4 rings (SSSR count). The molecule has 2 nitrogen and oxygen atoms in total. The van der Waals surface area contributed by atoms with Gasteiger partial charge in [0.2, 0.25) is 0 Å². The Morgan fingerprint density at radius 2 is 1.60 bits per heavy atom. The highest BCUT2D eigenvalue weighted by molar-refractivity contribution is 5.80. The molecule has 2 aromatic carbocycles. The summed E-state index contributed by atoms with van der Waals surface area (Å²) in [6.07, 6.45) is 8.42. The van der Waals surface area contributed by atoms with Crippen molar-refractivity contribution in [2.45, 2.75) is 25.8 Å². The molecule has 1 aliphatic rings. The van der Waals surface area contributed by atoms with Gasteiger partial charge in [0, 0.05) is 10.9 Å². The monoisotopic (exact) mass is 329 g/mol.